The number of anilines is 1. The topological polar surface area (TPSA) is 62.3 Å². The van der Waals surface area contributed by atoms with Crippen LogP contribution in [0.2, 0.25) is 5.02 Å². The first-order valence-electron chi connectivity index (χ1n) is 6.26. The van der Waals surface area contributed by atoms with Gasteiger partial charge in [-0.25, -0.2) is 0 Å². The Hall–Kier alpha value is -1.88. The lowest BCUT2D eigenvalue weighted by Crippen LogP contribution is -2.06. The van der Waals surface area contributed by atoms with Crippen LogP contribution in [0.1, 0.15) is 13.8 Å². The van der Waals surface area contributed by atoms with Crippen molar-refractivity contribution in [3.63, 3.8) is 0 Å². The molecule has 0 spiro atoms. The first-order valence-corrected chi connectivity index (χ1v) is 6.64. The molecular formula is C14H18ClN3O2. The molecule has 0 amide bonds. The molecule has 0 saturated carbocycles. The average molecular weight is 296 g/mol. The number of hydrogen-bond donors (Lipinski definition) is 1. The molecule has 0 saturated heterocycles. The van der Waals surface area contributed by atoms with Crippen LogP contribution in [0.5, 0.6) is 11.5 Å². The number of benzene rings is 1. The van der Waals surface area contributed by atoms with Crippen LogP contribution in [0.25, 0.3) is 11.3 Å². The normalized spacial score (nSPS) is 10.9. The number of nitrogens with two attached hydrogens (primary N) is 1. The smallest absolute Gasteiger partial charge is 0.163 e. The minimum Gasteiger partial charge on any atom is -0.493 e. The Balaban J connectivity index is 2.50. The van der Waals surface area contributed by atoms with Gasteiger partial charge in [0.25, 0.3) is 0 Å². The summed E-state index contributed by atoms with van der Waals surface area (Å²) in [5.41, 5.74) is 7.25. The molecule has 0 radical (unpaired) electrons. The van der Waals surface area contributed by atoms with Crippen LogP contribution in [-0.4, -0.2) is 23.0 Å². The fourth-order valence-electron chi connectivity index (χ4n) is 1.85. The third-order valence-corrected chi connectivity index (χ3v) is 3.12. The van der Waals surface area contributed by atoms with Gasteiger partial charge in [-0.1, -0.05) is 11.6 Å². The first kappa shape index (κ1) is 14.5. The van der Waals surface area contributed by atoms with Gasteiger partial charge in [0.05, 0.1) is 23.9 Å². The van der Waals surface area contributed by atoms with E-state index in [2.05, 4.69) is 5.10 Å². The van der Waals surface area contributed by atoms with Crippen LogP contribution in [0, 0.1) is 0 Å². The molecule has 6 heteroatoms. The highest BCUT2D eigenvalue weighted by molar-refractivity contribution is 6.33. The van der Waals surface area contributed by atoms with Gasteiger partial charge in [0, 0.05) is 24.7 Å². The van der Waals surface area contributed by atoms with Crippen LogP contribution in [-0.2, 0) is 7.05 Å². The minimum absolute atomic E-state index is 0.0383. The summed E-state index contributed by atoms with van der Waals surface area (Å²) in [5.74, 6) is 1.79. The molecule has 0 bridgehead atoms. The summed E-state index contributed by atoms with van der Waals surface area (Å²) in [6.45, 7) is 3.89. The minimum atomic E-state index is 0.0383. The van der Waals surface area contributed by atoms with E-state index in [4.69, 9.17) is 26.8 Å². The van der Waals surface area contributed by atoms with E-state index < -0.39 is 0 Å². The number of rotatable bonds is 4. The van der Waals surface area contributed by atoms with E-state index in [9.17, 15) is 0 Å². The summed E-state index contributed by atoms with van der Waals surface area (Å²) in [5, 5.41) is 4.86. The van der Waals surface area contributed by atoms with Gasteiger partial charge in [-0.2, -0.15) is 5.10 Å². The van der Waals surface area contributed by atoms with Crippen molar-refractivity contribution >= 4 is 17.4 Å². The number of aryl methyl sites for hydroxylation is 1. The third kappa shape index (κ3) is 2.82. The van der Waals surface area contributed by atoms with Crippen molar-refractivity contribution < 1.29 is 9.47 Å². The van der Waals surface area contributed by atoms with Crippen molar-refractivity contribution in [2.24, 2.45) is 7.05 Å². The molecule has 2 aromatic rings. The van der Waals surface area contributed by atoms with Gasteiger partial charge in [0.2, 0.25) is 0 Å². The molecule has 108 valence electrons. The maximum atomic E-state index is 6.31. The zero-order valence-electron chi connectivity index (χ0n) is 12.0. The molecule has 1 heterocycles. The predicted molar refractivity (Wildman–Crippen MR) is 80.4 cm³/mol. The summed E-state index contributed by atoms with van der Waals surface area (Å²) in [6.07, 6.45) is 0.0383. The van der Waals surface area contributed by atoms with Gasteiger partial charge in [0.15, 0.2) is 11.5 Å². The van der Waals surface area contributed by atoms with E-state index in [1.807, 2.05) is 19.9 Å². The maximum Gasteiger partial charge on any atom is 0.163 e. The molecule has 0 aliphatic rings. The number of hydrogen-bond acceptors (Lipinski definition) is 4. The lowest BCUT2D eigenvalue weighted by atomic mass is 10.1. The van der Waals surface area contributed by atoms with Crippen LogP contribution < -0.4 is 15.2 Å². The quantitative estimate of drug-likeness (QED) is 0.941. The lowest BCUT2D eigenvalue weighted by molar-refractivity contribution is 0.230. The molecule has 0 aliphatic carbocycles. The second kappa shape index (κ2) is 5.63. The van der Waals surface area contributed by atoms with Crippen LogP contribution >= 0.6 is 11.6 Å². The number of ether oxygens (including phenoxy) is 2. The van der Waals surface area contributed by atoms with Gasteiger partial charge >= 0.3 is 0 Å². The van der Waals surface area contributed by atoms with Crippen molar-refractivity contribution in [2.45, 2.75) is 20.0 Å². The molecule has 2 N–H and O–H groups in total. The molecule has 5 nitrogen and oxygen atoms in total. The third-order valence-electron chi connectivity index (χ3n) is 2.81. The van der Waals surface area contributed by atoms with Crippen molar-refractivity contribution in [2.75, 3.05) is 12.8 Å². The predicted octanol–water partition coefficient (Wildman–Crippen LogP) is 3.12. The molecule has 20 heavy (non-hydrogen) atoms. The molecule has 0 unspecified atom stereocenters. The Morgan fingerprint density at radius 1 is 1.25 bits per heavy atom. The summed E-state index contributed by atoms with van der Waals surface area (Å²) < 4.78 is 12.6. The fourth-order valence-corrected chi connectivity index (χ4v) is 2.10. The van der Waals surface area contributed by atoms with E-state index in [-0.39, 0.29) is 6.10 Å². The van der Waals surface area contributed by atoms with E-state index in [0.717, 1.165) is 5.56 Å². The number of methoxy groups -OCH3 is 1. The second-order valence-corrected chi connectivity index (χ2v) is 5.13. The molecule has 0 fully saturated rings. The van der Waals surface area contributed by atoms with E-state index >= 15 is 0 Å². The Morgan fingerprint density at radius 3 is 2.45 bits per heavy atom. The Labute approximate surface area is 123 Å². The highest BCUT2D eigenvalue weighted by Crippen LogP contribution is 2.38. The standard InChI is InChI=1S/C14H18ClN3O2/c1-8(2)20-13-6-10(15)9(5-12(13)19-4)11-7-14(16)18(3)17-11/h5-8H,16H2,1-4H3. The van der Waals surface area contributed by atoms with Gasteiger partial charge in [-0.05, 0) is 19.9 Å². The molecule has 2 rings (SSSR count). The maximum absolute atomic E-state index is 6.31. The van der Waals surface area contributed by atoms with Gasteiger partial charge in [-0.15, -0.1) is 0 Å². The van der Waals surface area contributed by atoms with Gasteiger partial charge < -0.3 is 15.2 Å². The Morgan fingerprint density at radius 2 is 1.95 bits per heavy atom. The van der Waals surface area contributed by atoms with Crippen molar-refractivity contribution in [3.8, 4) is 22.8 Å². The molecule has 0 aliphatic heterocycles. The Kier molecular flexibility index (Phi) is 4.09. The summed E-state index contributed by atoms with van der Waals surface area (Å²) in [4.78, 5) is 0. The highest BCUT2D eigenvalue weighted by atomic mass is 35.5. The molecule has 0 atom stereocenters. The van der Waals surface area contributed by atoms with Gasteiger partial charge in [-0.3, -0.25) is 4.68 Å². The molecule has 1 aromatic heterocycles. The first-order chi connectivity index (χ1) is 9.42. The zero-order valence-corrected chi connectivity index (χ0v) is 12.7. The lowest BCUT2D eigenvalue weighted by Gasteiger charge is -2.15. The second-order valence-electron chi connectivity index (χ2n) is 4.73. The SMILES string of the molecule is COc1cc(-c2cc(N)n(C)n2)c(Cl)cc1OC(C)C. The Bertz CT molecular complexity index is 604. The monoisotopic (exact) mass is 295 g/mol. The number of nitrogen functional groups attached to an aromatic ring is 1. The largest absolute Gasteiger partial charge is 0.493 e. The zero-order chi connectivity index (χ0) is 14.9. The van der Waals surface area contributed by atoms with E-state index in [0.29, 0.717) is 28.0 Å². The summed E-state index contributed by atoms with van der Waals surface area (Å²) >= 11 is 6.31. The van der Waals surface area contributed by atoms with Crippen LogP contribution in [0.3, 0.4) is 0 Å². The fraction of sp³-hybridized carbons (Fsp3) is 0.357. The average Bonchev–Trinajstić information content (AvgIpc) is 2.69. The van der Waals surface area contributed by atoms with E-state index in [1.165, 1.54) is 0 Å². The number of aromatic nitrogens is 2. The van der Waals surface area contributed by atoms with Crippen LogP contribution in [0.15, 0.2) is 18.2 Å². The number of nitrogens with zero attached hydrogens (tertiary/aromatic N) is 2. The molecule has 1 aromatic carbocycles. The van der Waals surface area contributed by atoms with Crippen molar-refractivity contribution in [3.05, 3.63) is 23.2 Å². The summed E-state index contributed by atoms with van der Waals surface area (Å²) in [6, 6.07) is 5.31. The van der Waals surface area contributed by atoms with E-state index in [1.54, 1.807) is 31.0 Å². The highest BCUT2D eigenvalue weighted by Gasteiger charge is 2.15. The van der Waals surface area contributed by atoms with Crippen LogP contribution in [0.4, 0.5) is 5.82 Å². The van der Waals surface area contributed by atoms with Crippen molar-refractivity contribution in [1.29, 1.82) is 0 Å². The number of halogens is 1. The van der Waals surface area contributed by atoms with Gasteiger partial charge in [0.1, 0.15) is 5.82 Å². The van der Waals surface area contributed by atoms with Crippen molar-refractivity contribution in [1.82, 2.24) is 9.78 Å². The molecular weight excluding hydrogens is 278 g/mol. The summed E-state index contributed by atoms with van der Waals surface area (Å²) in [7, 11) is 3.37.